The van der Waals surface area contributed by atoms with Crippen molar-refractivity contribution in [3.8, 4) is 0 Å². The van der Waals surface area contributed by atoms with E-state index < -0.39 is 11.9 Å². The van der Waals surface area contributed by atoms with Gasteiger partial charge in [0.25, 0.3) is 0 Å². The van der Waals surface area contributed by atoms with E-state index in [1.54, 1.807) is 6.07 Å². The molecule has 0 spiro atoms. The molecule has 0 bridgehead atoms. The number of nitrogens with zero attached hydrogens (tertiary/aromatic N) is 1. The molecule has 0 aliphatic carbocycles. The average molecular weight is 294 g/mol. The fourth-order valence-corrected chi connectivity index (χ4v) is 2.32. The van der Waals surface area contributed by atoms with Gasteiger partial charge < -0.3 is 15.3 Å². The van der Waals surface area contributed by atoms with Crippen LogP contribution in [-0.4, -0.2) is 41.5 Å². The third-order valence-corrected chi connectivity index (χ3v) is 3.51. The van der Waals surface area contributed by atoms with Gasteiger partial charge in [0, 0.05) is 25.1 Å². The lowest BCUT2D eigenvalue weighted by Gasteiger charge is -2.26. The van der Waals surface area contributed by atoms with Crippen LogP contribution < -0.4 is 5.32 Å². The summed E-state index contributed by atoms with van der Waals surface area (Å²) in [6.45, 7) is 0.493. The summed E-state index contributed by atoms with van der Waals surface area (Å²) in [5.41, 5.74) is 0.145. The molecular weight excluding hydrogens is 275 g/mol. The minimum absolute atomic E-state index is 0.0111. The molecule has 1 fully saturated rings. The van der Waals surface area contributed by atoms with Crippen LogP contribution in [0.3, 0.4) is 0 Å². The molecule has 0 radical (unpaired) electrons. The topological polar surface area (TPSA) is 69.6 Å². The van der Waals surface area contributed by atoms with Crippen molar-refractivity contribution < 1.29 is 19.1 Å². The van der Waals surface area contributed by atoms with Crippen molar-refractivity contribution in [2.45, 2.75) is 25.4 Å². The molecule has 0 aromatic heterocycles. The number of piperidine rings is 1. The normalized spacial score (nSPS) is 16.7. The number of hydrogen-bond acceptors (Lipinski definition) is 3. The van der Waals surface area contributed by atoms with E-state index in [-0.39, 0.29) is 30.5 Å². The second-order valence-electron chi connectivity index (χ2n) is 5.11. The van der Waals surface area contributed by atoms with Crippen molar-refractivity contribution in [1.82, 2.24) is 10.2 Å². The fourth-order valence-electron chi connectivity index (χ4n) is 2.32. The van der Waals surface area contributed by atoms with Crippen LogP contribution in [0.4, 0.5) is 4.39 Å². The first kappa shape index (κ1) is 15.4. The fraction of sp³-hybridized carbons (Fsp3) is 0.467. The molecule has 1 aromatic carbocycles. The van der Waals surface area contributed by atoms with E-state index in [2.05, 4.69) is 5.32 Å². The van der Waals surface area contributed by atoms with E-state index in [1.807, 2.05) is 0 Å². The highest BCUT2D eigenvalue weighted by Crippen LogP contribution is 2.15. The van der Waals surface area contributed by atoms with Crippen LogP contribution in [0, 0.1) is 5.82 Å². The largest absolute Gasteiger partial charge is 0.386 e. The lowest BCUT2D eigenvalue weighted by atomic mass is 10.1. The number of amides is 2. The lowest BCUT2D eigenvalue weighted by Crippen LogP contribution is -2.43. The van der Waals surface area contributed by atoms with Crippen LogP contribution >= 0.6 is 0 Å². The lowest BCUT2D eigenvalue weighted by molar-refractivity contribution is -0.137. The van der Waals surface area contributed by atoms with Gasteiger partial charge in [0.2, 0.25) is 11.8 Å². The molecule has 6 heteroatoms. The summed E-state index contributed by atoms with van der Waals surface area (Å²) in [5.74, 6) is -0.878. The molecular formula is C15H19FN2O3. The van der Waals surface area contributed by atoms with Crippen LogP contribution in [0.2, 0.25) is 0 Å². The third-order valence-electron chi connectivity index (χ3n) is 3.51. The predicted octanol–water partition coefficient (Wildman–Crippen LogP) is 0.988. The molecule has 2 N–H and O–H groups in total. The Morgan fingerprint density at radius 2 is 2.14 bits per heavy atom. The summed E-state index contributed by atoms with van der Waals surface area (Å²) in [6, 6.07) is 5.88. The van der Waals surface area contributed by atoms with E-state index in [0.717, 1.165) is 12.8 Å². The first-order valence-corrected chi connectivity index (χ1v) is 7.05. The average Bonchev–Trinajstić information content (AvgIpc) is 2.48. The second kappa shape index (κ2) is 7.17. The summed E-state index contributed by atoms with van der Waals surface area (Å²) in [4.78, 5) is 24.9. The van der Waals surface area contributed by atoms with Crippen LogP contribution in [0.25, 0.3) is 0 Å². The van der Waals surface area contributed by atoms with Gasteiger partial charge in [-0.1, -0.05) is 18.2 Å². The molecule has 1 aliphatic rings. The van der Waals surface area contributed by atoms with Gasteiger partial charge in [-0.05, 0) is 18.9 Å². The number of hydrogen-bond donors (Lipinski definition) is 2. The molecule has 1 unspecified atom stereocenters. The third kappa shape index (κ3) is 4.26. The van der Waals surface area contributed by atoms with E-state index in [9.17, 15) is 19.1 Å². The first-order chi connectivity index (χ1) is 10.1. The first-order valence-electron chi connectivity index (χ1n) is 7.05. The van der Waals surface area contributed by atoms with Gasteiger partial charge in [-0.15, -0.1) is 0 Å². The van der Waals surface area contributed by atoms with Crippen molar-refractivity contribution in [3.63, 3.8) is 0 Å². The molecule has 5 nitrogen and oxygen atoms in total. The van der Waals surface area contributed by atoms with Gasteiger partial charge in [-0.25, -0.2) is 4.39 Å². The Labute approximate surface area is 122 Å². The Balaban J connectivity index is 1.81. The Bertz CT molecular complexity index is 521. The highest BCUT2D eigenvalue weighted by atomic mass is 19.1. The zero-order valence-electron chi connectivity index (χ0n) is 11.7. The summed E-state index contributed by atoms with van der Waals surface area (Å²) >= 11 is 0. The second-order valence-corrected chi connectivity index (χ2v) is 5.11. The van der Waals surface area contributed by atoms with Gasteiger partial charge in [0.05, 0.1) is 12.6 Å². The summed E-state index contributed by atoms with van der Waals surface area (Å²) < 4.78 is 13.5. The molecule has 1 heterocycles. The number of likely N-dealkylation sites (tertiary alicyclic amines) is 1. The van der Waals surface area contributed by atoms with E-state index in [0.29, 0.717) is 13.0 Å². The predicted molar refractivity (Wildman–Crippen MR) is 74.8 cm³/mol. The number of carbonyl (C=O) groups is 2. The van der Waals surface area contributed by atoms with E-state index in [4.69, 9.17) is 0 Å². The summed E-state index contributed by atoms with van der Waals surface area (Å²) in [6.07, 6.45) is 1.14. The Kier molecular flexibility index (Phi) is 5.27. The Morgan fingerprint density at radius 1 is 1.38 bits per heavy atom. The van der Waals surface area contributed by atoms with Crippen LogP contribution in [-0.2, 0) is 9.59 Å². The molecule has 1 aromatic rings. The van der Waals surface area contributed by atoms with E-state index >= 15 is 0 Å². The van der Waals surface area contributed by atoms with Gasteiger partial charge >= 0.3 is 0 Å². The number of carbonyl (C=O) groups excluding carboxylic acids is 2. The van der Waals surface area contributed by atoms with Gasteiger partial charge in [0.15, 0.2) is 0 Å². The maximum Gasteiger partial charge on any atom is 0.239 e. The van der Waals surface area contributed by atoms with E-state index in [1.165, 1.54) is 23.1 Å². The molecule has 114 valence electrons. The number of benzene rings is 1. The van der Waals surface area contributed by atoms with Crippen LogP contribution in [0.15, 0.2) is 24.3 Å². The Morgan fingerprint density at radius 3 is 2.86 bits per heavy atom. The quantitative estimate of drug-likeness (QED) is 0.851. The van der Waals surface area contributed by atoms with Crippen LogP contribution in [0.5, 0.6) is 0 Å². The van der Waals surface area contributed by atoms with Crippen molar-refractivity contribution in [2.24, 2.45) is 0 Å². The molecule has 2 rings (SSSR count). The van der Waals surface area contributed by atoms with Crippen LogP contribution in [0.1, 0.15) is 30.9 Å². The minimum Gasteiger partial charge on any atom is -0.386 e. The van der Waals surface area contributed by atoms with Gasteiger partial charge in [-0.3, -0.25) is 9.59 Å². The highest BCUT2D eigenvalue weighted by Gasteiger charge is 2.21. The highest BCUT2D eigenvalue weighted by molar-refractivity contribution is 5.85. The van der Waals surface area contributed by atoms with Crippen molar-refractivity contribution >= 4 is 11.8 Å². The number of aliphatic hydroxyl groups is 1. The zero-order chi connectivity index (χ0) is 15.2. The maximum absolute atomic E-state index is 13.5. The SMILES string of the molecule is O=C(CN1CCCCC1=O)NCC(O)c1ccccc1F. The molecule has 2 amide bonds. The maximum atomic E-state index is 13.5. The minimum atomic E-state index is -1.10. The van der Waals surface area contributed by atoms with Crippen molar-refractivity contribution in [2.75, 3.05) is 19.6 Å². The number of nitrogens with one attached hydrogen (secondary N) is 1. The number of halogens is 1. The van der Waals surface area contributed by atoms with Gasteiger partial charge in [0.1, 0.15) is 5.82 Å². The summed E-state index contributed by atoms with van der Waals surface area (Å²) in [5, 5.41) is 12.4. The number of rotatable bonds is 5. The molecule has 1 saturated heterocycles. The Hall–Kier alpha value is -1.95. The molecule has 0 saturated carbocycles. The van der Waals surface area contributed by atoms with Gasteiger partial charge in [-0.2, -0.15) is 0 Å². The zero-order valence-corrected chi connectivity index (χ0v) is 11.7. The summed E-state index contributed by atoms with van der Waals surface area (Å²) in [7, 11) is 0. The molecule has 1 atom stereocenters. The standard InChI is InChI=1S/C15H19FN2O3/c16-12-6-2-1-5-11(12)13(19)9-17-14(20)10-18-8-4-3-7-15(18)21/h1-2,5-6,13,19H,3-4,7-10H2,(H,17,20). The molecule has 21 heavy (non-hydrogen) atoms. The monoisotopic (exact) mass is 294 g/mol. The smallest absolute Gasteiger partial charge is 0.239 e. The van der Waals surface area contributed by atoms with Crippen molar-refractivity contribution in [1.29, 1.82) is 0 Å². The molecule has 1 aliphatic heterocycles. The van der Waals surface area contributed by atoms with Crippen molar-refractivity contribution in [3.05, 3.63) is 35.6 Å². The number of aliphatic hydroxyl groups excluding tert-OH is 1.